The van der Waals surface area contributed by atoms with E-state index in [0.717, 1.165) is 0 Å². The van der Waals surface area contributed by atoms with Crippen LogP contribution in [0, 0.1) is 20.8 Å². The predicted octanol–water partition coefficient (Wildman–Crippen LogP) is 3.55. The Labute approximate surface area is 131 Å². The summed E-state index contributed by atoms with van der Waals surface area (Å²) >= 11 is 0. The Morgan fingerprint density at radius 3 is 1.55 bits per heavy atom. The smallest absolute Gasteiger partial charge is 0.257 e. The highest BCUT2D eigenvalue weighted by Gasteiger charge is 2.29. The van der Waals surface area contributed by atoms with Crippen LogP contribution in [0.3, 0.4) is 0 Å². The Morgan fingerprint density at radius 2 is 1.20 bits per heavy atom. The van der Waals surface area contributed by atoms with Gasteiger partial charge in [0.1, 0.15) is 0 Å². The average molecular weight is 304 g/mol. The first-order valence-electron chi connectivity index (χ1n) is 7.16. The van der Waals surface area contributed by atoms with Gasteiger partial charge in [-0.25, -0.2) is 0 Å². The fourth-order valence-corrected chi connectivity index (χ4v) is 4.81. The number of hydrogen-bond acceptors (Lipinski definition) is 1. The molecule has 0 unspecified atom stereocenters. The molecule has 1 rings (SSSR count). The minimum atomic E-state index is 0.121. The molecule has 1 aromatic carbocycles. The van der Waals surface area contributed by atoms with Crippen LogP contribution >= 0.6 is 0 Å². The summed E-state index contributed by atoms with van der Waals surface area (Å²) in [6.07, 6.45) is 0. The second kappa shape index (κ2) is 5.78. The predicted molar refractivity (Wildman–Crippen MR) is 90.3 cm³/mol. The van der Waals surface area contributed by atoms with Crippen LogP contribution in [-0.2, 0) is 14.9 Å². The normalized spacial score (nSPS) is 12.9. The van der Waals surface area contributed by atoms with E-state index in [1.807, 2.05) is 0 Å². The number of rotatable bonds is 2. The first-order chi connectivity index (χ1) is 8.92. The van der Waals surface area contributed by atoms with Gasteiger partial charge in [-0.2, -0.15) is 0 Å². The van der Waals surface area contributed by atoms with Gasteiger partial charge < -0.3 is 4.12 Å². The zero-order valence-electron chi connectivity index (χ0n) is 14.4. The molecule has 0 bridgehead atoms. The Bertz CT molecular complexity index is 505. The van der Waals surface area contributed by atoms with E-state index in [4.69, 9.17) is 4.12 Å². The molecule has 0 saturated carbocycles. The van der Waals surface area contributed by atoms with Gasteiger partial charge in [-0.1, -0.05) is 41.5 Å². The van der Waals surface area contributed by atoms with Gasteiger partial charge in [0.2, 0.25) is 10.5 Å². The van der Waals surface area contributed by atoms with E-state index >= 15 is 0 Å². The molecule has 0 aliphatic rings. The maximum absolute atomic E-state index is 5.31. The van der Waals surface area contributed by atoms with E-state index in [1.54, 1.807) is 0 Å². The molecule has 0 aliphatic carbocycles. The molecule has 3 heteroatoms. The van der Waals surface area contributed by atoms with Crippen molar-refractivity contribution >= 4 is 25.4 Å². The van der Waals surface area contributed by atoms with E-state index < -0.39 is 0 Å². The van der Waals surface area contributed by atoms with Gasteiger partial charge in [0.15, 0.2) is 0 Å². The topological polar surface area (TPSA) is 9.23 Å². The Hall–Kier alpha value is -0.386. The monoisotopic (exact) mass is 303 g/mol. The largest absolute Gasteiger partial charge is 0.454 e. The molecule has 0 N–H and O–H groups in total. The van der Waals surface area contributed by atoms with Crippen LogP contribution in [0.1, 0.15) is 69.4 Å². The summed E-state index contributed by atoms with van der Waals surface area (Å²) in [7, 11) is 3.53. The fourth-order valence-electron chi connectivity index (χ4n) is 3.40. The number of benzene rings is 1. The van der Waals surface area contributed by atoms with Crippen LogP contribution in [0.15, 0.2) is 0 Å². The highest BCUT2D eigenvalue weighted by Crippen LogP contribution is 2.36. The zero-order chi connectivity index (χ0) is 15.9. The summed E-state index contributed by atoms with van der Waals surface area (Å²) in [6.45, 7) is 20.5. The van der Waals surface area contributed by atoms with E-state index in [1.165, 1.54) is 33.0 Å². The summed E-state index contributed by atoms with van der Waals surface area (Å²) in [6, 6.07) is 0. The van der Waals surface area contributed by atoms with Crippen molar-refractivity contribution in [3.63, 3.8) is 0 Å². The van der Waals surface area contributed by atoms with Crippen LogP contribution in [0.5, 0.6) is 0 Å². The highest BCUT2D eigenvalue weighted by molar-refractivity contribution is 6.52. The van der Waals surface area contributed by atoms with Gasteiger partial charge in [-0.15, -0.1) is 0 Å². The first-order valence-corrected chi connectivity index (χ1v) is 8.47. The molecule has 0 atom stereocenters. The van der Waals surface area contributed by atoms with Crippen molar-refractivity contribution in [2.24, 2.45) is 0 Å². The summed E-state index contributed by atoms with van der Waals surface area (Å²) < 4.78 is 5.31. The molecule has 5 radical (unpaired) electrons. The Morgan fingerprint density at radius 1 is 0.750 bits per heavy atom. The molecule has 1 aromatic rings. The second-order valence-corrected chi connectivity index (χ2v) is 9.22. The fraction of sp³-hybridized carbons (Fsp3) is 0.647. The van der Waals surface area contributed by atoms with Crippen LogP contribution < -0.4 is 5.19 Å². The quantitative estimate of drug-likeness (QED) is 0.759. The molecule has 0 aromatic heterocycles. The van der Waals surface area contributed by atoms with E-state index in [2.05, 4.69) is 72.8 Å². The maximum Gasteiger partial charge on any atom is 0.257 e. The van der Waals surface area contributed by atoms with Crippen molar-refractivity contribution in [1.29, 1.82) is 0 Å². The molecular formula is C17H27OSi2. The molecule has 1 nitrogen and oxygen atoms in total. The standard InChI is InChI=1S/C17H27OSi2/c1-10-11(2)15(20-18-19)14(17(7,8)9)12(3)13(10)16(4,5)6/h1-9H3. The van der Waals surface area contributed by atoms with Crippen molar-refractivity contribution in [3.05, 3.63) is 27.8 Å². The summed E-state index contributed by atoms with van der Waals surface area (Å²) in [4.78, 5) is 0. The molecule has 0 saturated heterocycles. The van der Waals surface area contributed by atoms with E-state index in [-0.39, 0.29) is 10.8 Å². The summed E-state index contributed by atoms with van der Waals surface area (Å²) in [5, 5.41) is 1.36. The molecule has 109 valence electrons. The van der Waals surface area contributed by atoms with Gasteiger partial charge >= 0.3 is 0 Å². The van der Waals surface area contributed by atoms with Gasteiger partial charge in [0, 0.05) is 0 Å². The van der Waals surface area contributed by atoms with Crippen molar-refractivity contribution in [1.82, 2.24) is 0 Å². The van der Waals surface area contributed by atoms with E-state index in [9.17, 15) is 0 Å². The van der Waals surface area contributed by atoms with Crippen LogP contribution in [0.2, 0.25) is 0 Å². The third kappa shape index (κ3) is 3.26. The van der Waals surface area contributed by atoms with E-state index in [0.29, 0.717) is 9.76 Å². The third-order valence-corrected chi connectivity index (χ3v) is 5.20. The van der Waals surface area contributed by atoms with Crippen molar-refractivity contribution in [2.75, 3.05) is 0 Å². The number of hydrogen-bond donors (Lipinski definition) is 0. The lowest BCUT2D eigenvalue weighted by Gasteiger charge is -2.34. The molecule has 0 aliphatic heterocycles. The molecule has 0 spiro atoms. The summed E-state index contributed by atoms with van der Waals surface area (Å²) in [5.41, 5.74) is 7.44. The second-order valence-electron chi connectivity index (χ2n) is 7.70. The van der Waals surface area contributed by atoms with Crippen LogP contribution in [0.25, 0.3) is 0 Å². The van der Waals surface area contributed by atoms with Gasteiger partial charge in [-0.05, 0) is 64.6 Å². The van der Waals surface area contributed by atoms with Crippen molar-refractivity contribution in [2.45, 2.75) is 73.1 Å². The SMILES string of the molecule is Cc1c(C)c(C(C)(C)C)c(C)c(C(C)(C)C)c1[Si]O[Si]. The lowest BCUT2D eigenvalue weighted by atomic mass is 9.73. The highest BCUT2D eigenvalue weighted by atomic mass is 28.3. The third-order valence-electron chi connectivity index (χ3n) is 3.97. The molecule has 20 heavy (non-hydrogen) atoms. The molecule has 0 heterocycles. The minimum Gasteiger partial charge on any atom is -0.454 e. The van der Waals surface area contributed by atoms with Gasteiger partial charge in [-0.3, -0.25) is 0 Å². The maximum atomic E-state index is 5.31. The molecule has 0 fully saturated rings. The Balaban J connectivity index is 3.84. The van der Waals surface area contributed by atoms with Crippen molar-refractivity contribution in [3.8, 4) is 0 Å². The van der Waals surface area contributed by atoms with Crippen LogP contribution in [-0.4, -0.2) is 20.2 Å². The van der Waals surface area contributed by atoms with Crippen LogP contribution in [0.4, 0.5) is 0 Å². The summed E-state index contributed by atoms with van der Waals surface area (Å²) in [5.74, 6) is 0. The lowest BCUT2D eigenvalue weighted by molar-refractivity contribution is 0.558. The lowest BCUT2D eigenvalue weighted by Crippen LogP contribution is -2.35. The zero-order valence-corrected chi connectivity index (χ0v) is 16.4. The Kier molecular flexibility index (Phi) is 5.10. The average Bonchev–Trinajstić information content (AvgIpc) is 2.22. The first kappa shape index (κ1) is 17.7. The van der Waals surface area contributed by atoms with Gasteiger partial charge in [0.25, 0.3) is 9.76 Å². The van der Waals surface area contributed by atoms with Gasteiger partial charge in [0.05, 0.1) is 0 Å². The molecular weight excluding hydrogens is 276 g/mol. The molecule has 0 amide bonds. The minimum absolute atomic E-state index is 0.121. The van der Waals surface area contributed by atoms with Crippen molar-refractivity contribution < 1.29 is 4.12 Å².